The van der Waals surface area contributed by atoms with Crippen molar-refractivity contribution in [2.45, 2.75) is 5.16 Å². The van der Waals surface area contributed by atoms with Crippen LogP contribution in [-0.4, -0.2) is 26.6 Å². The maximum absolute atomic E-state index is 12.2. The van der Waals surface area contributed by atoms with Gasteiger partial charge in [0.05, 0.1) is 17.1 Å². The molecule has 0 fully saturated rings. The molecule has 1 amide bonds. The van der Waals surface area contributed by atoms with E-state index in [-0.39, 0.29) is 11.7 Å². The monoisotopic (exact) mass is 404 g/mol. The number of hydrogen-bond donors (Lipinski definition) is 1. The normalized spacial score (nSPS) is 10.6. The number of nitrogens with zero attached hydrogens (tertiary/aromatic N) is 3. The number of carbonyl (C=O) groups excluding carboxylic acids is 1. The van der Waals surface area contributed by atoms with Crippen LogP contribution in [0.2, 0.25) is 0 Å². The summed E-state index contributed by atoms with van der Waals surface area (Å²) in [6, 6.07) is 21.9. The zero-order valence-corrected chi connectivity index (χ0v) is 16.4. The first-order valence-electron chi connectivity index (χ1n) is 8.60. The van der Waals surface area contributed by atoms with Crippen LogP contribution in [0.3, 0.4) is 0 Å². The van der Waals surface area contributed by atoms with Gasteiger partial charge >= 0.3 is 0 Å². The second-order valence-corrected chi connectivity index (χ2v) is 7.66. The molecule has 1 N–H and O–H groups in total. The number of nitrogens with one attached hydrogen (secondary N) is 1. The summed E-state index contributed by atoms with van der Waals surface area (Å²) in [7, 11) is 0. The number of carbonyl (C=O) groups is 1. The number of thioether (sulfide) groups is 1. The van der Waals surface area contributed by atoms with E-state index in [2.05, 4.69) is 20.3 Å². The first-order chi connectivity index (χ1) is 13.8. The predicted octanol–water partition coefficient (Wildman–Crippen LogP) is 5.00. The van der Waals surface area contributed by atoms with Crippen LogP contribution in [0.1, 0.15) is 0 Å². The Balaban J connectivity index is 1.59. The summed E-state index contributed by atoms with van der Waals surface area (Å²) in [5.41, 5.74) is 3.68. The molecular formula is C21H16N4OS2. The molecule has 0 aliphatic heterocycles. The summed E-state index contributed by atoms with van der Waals surface area (Å²) >= 11 is 2.70. The van der Waals surface area contributed by atoms with Crippen LogP contribution in [0, 0.1) is 0 Å². The lowest BCUT2D eigenvalue weighted by Gasteiger charge is -2.08. The van der Waals surface area contributed by atoms with E-state index in [1.54, 1.807) is 6.20 Å². The minimum Gasteiger partial charge on any atom is -0.301 e. The summed E-state index contributed by atoms with van der Waals surface area (Å²) < 4.78 is 0. The number of benzene rings is 2. The average molecular weight is 405 g/mol. The summed E-state index contributed by atoms with van der Waals surface area (Å²) in [4.78, 5) is 25.6. The van der Waals surface area contributed by atoms with Crippen LogP contribution >= 0.6 is 23.1 Å². The molecule has 0 bridgehead atoms. The van der Waals surface area contributed by atoms with Crippen LogP contribution in [-0.2, 0) is 4.79 Å². The van der Waals surface area contributed by atoms with E-state index in [4.69, 9.17) is 0 Å². The third-order valence-corrected chi connectivity index (χ3v) is 5.39. The molecule has 4 aromatic rings. The molecule has 0 radical (unpaired) electrons. The molecule has 2 aromatic heterocycles. The molecule has 4 rings (SSSR count). The van der Waals surface area contributed by atoms with E-state index in [9.17, 15) is 4.79 Å². The molecule has 0 atom stereocenters. The van der Waals surface area contributed by atoms with Crippen molar-refractivity contribution in [2.24, 2.45) is 0 Å². The zero-order valence-electron chi connectivity index (χ0n) is 14.8. The summed E-state index contributed by atoms with van der Waals surface area (Å²) in [6.07, 6.45) is 1.66. The molecular weight excluding hydrogens is 388 g/mol. The van der Waals surface area contributed by atoms with Crippen molar-refractivity contribution in [3.63, 3.8) is 0 Å². The van der Waals surface area contributed by atoms with Gasteiger partial charge in [0.15, 0.2) is 10.3 Å². The number of hydrogen-bond acceptors (Lipinski definition) is 6. The highest BCUT2D eigenvalue weighted by molar-refractivity contribution is 7.99. The Morgan fingerprint density at radius 1 is 0.929 bits per heavy atom. The molecule has 0 spiro atoms. The Kier molecular flexibility index (Phi) is 5.75. The van der Waals surface area contributed by atoms with Crippen molar-refractivity contribution in [2.75, 3.05) is 11.1 Å². The largest absolute Gasteiger partial charge is 0.301 e. The van der Waals surface area contributed by atoms with E-state index in [1.807, 2.05) is 72.1 Å². The van der Waals surface area contributed by atoms with Gasteiger partial charge in [-0.15, -0.1) is 11.3 Å². The Labute approximate surface area is 170 Å². The minimum atomic E-state index is -0.130. The lowest BCUT2D eigenvalue weighted by Crippen LogP contribution is -2.14. The smallest absolute Gasteiger partial charge is 0.236 e. The Bertz CT molecular complexity index is 997. The Morgan fingerprint density at radius 3 is 2.07 bits per heavy atom. The molecule has 0 saturated carbocycles. The molecule has 0 unspecified atom stereocenters. The van der Waals surface area contributed by atoms with Crippen LogP contribution < -0.4 is 5.32 Å². The fourth-order valence-corrected chi connectivity index (χ4v) is 3.78. The fraction of sp³-hybridized carbons (Fsp3) is 0.0476. The molecule has 0 saturated heterocycles. The average Bonchev–Trinajstić information content (AvgIpc) is 3.26. The van der Waals surface area contributed by atoms with Gasteiger partial charge in [-0.25, -0.2) is 15.0 Å². The van der Waals surface area contributed by atoms with E-state index in [0.29, 0.717) is 10.3 Å². The second kappa shape index (κ2) is 8.77. The predicted molar refractivity (Wildman–Crippen MR) is 114 cm³/mol. The topological polar surface area (TPSA) is 67.8 Å². The SMILES string of the molecule is O=C(CSc1nc(-c2ccccc2)cc(-c2ccccc2)n1)Nc1nccs1. The van der Waals surface area contributed by atoms with Gasteiger partial charge in [-0.1, -0.05) is 72.4 Å². The van der Waals surface area contributed by atoms with Gasteiger partial charge in [0, 0.05) is 22.7 Å². The van der Waals surface area contributed by atoms with E-state index < -0.39 is 0 Å². The third-order valence-electron chi connectivity index (χ3n) is 3.86. The molecule has 7 heteroatoms. The first kappa shape index (κ1) is 18.3. The highest BCUT2D eigenvalue weighted by Gasteiger charge is 2.11. The third kappa shape index (κ3) is 4.62. The Hall–Kier alpha value is -3.03. The highest BCUT2D eigenvalue weighted by atomic mass is 32.2. The molecule has 2 aromatic carbocycles. The summed E-state index contributed by atoms with van der Waals surface area (Å²) in [6.45, 7) is 0. The second-order valence-electron chi connectivity index (χ2n) is 5.83. The number of thiazole rings is 1. The van der Waals surface area contributed by atoms with Gasteiger partial charge in [-0.3, -0.25) is 4.79 Å². The fourth-order valence-electron chi connectivity index (χ4n) is 2.57. The molecule has 2 heterocycles. The van der Waals surface area contributed by atoms with Gasteiger partial charge in [-0.2, -0.15) is 0 Å². The van der Waals surface area contributed by atoms with Crippen molar-refractivity contribution in [1.29, 1.82) is 0 Å². The maximum Gasteiger partial charge on any atom is 0.236 e. The van der Waals surface area contributed by atoms with Crippen LogP contribution in [0.5, 0.6) is 0 Å². The van der Waals surface area contributed by atoms with Gasteiger partial charge in [0.25, 0.3) is 0 Å². The minimum absolute atomic E-state index is 0.130. The number of aromatic nitrogens is 3. The highest BCUT2D eigenvalue weighted by Crippen LogP contribution is 2.27. The molecule has 0 aliphatic rings. The first-order valence-corrected chi connectivity index (χ1v) is 10.5. The van der Waals surface area contributed by atoms with Crippen molar-refractivity contribution in [3.8, 4) is 22.5 Å². The molecule has 28 heavy (non-hydrogen) atoms. The van der Waals surface area contributed by atoms with E-state index in [0.717, 1.165) is 22.5 Å². The van der Waals surface area contributed by atoms with E-state index >= 15 is 0 Å². The van der Waals surface area contributed by atoms with Gasteiger partial charge < -0.3 is 5.32 Å². The van der Waals surface area contributed by atoms with Crippen molar-refractivity contribution in [3.05, 3.63) is 78.3 Å². The summed E-state index contributed by atoms with van der Waals surface area (Å²) in [5, 5.41) is 5.75. The van der Waals surface area contributed by atoms with Crippen LogP contribution in [0.4, 0.5) is 5.13 Å². The number of anilines is 1. The van der Waals surface area contributed by atoms with Crippen molar-refractivity contribution < 1.29 is 4.79 Å². The maximum atomic E-state index is 12.2. The molecule has 5 nitrogen and oxygen atoms in total. The van der Waals surface area contributed by atoms with Gasteiger partial charge in [0.2, 0.25) is 5.91 Å². The standard InChI is InChI=1S/C21H16N4OS2/c26-19(25-20-22-11-12-27-20)14-28-21-23-17(15-7-3-1-4-8-15)13-18(24-21)16-9-5-2-6-10-16/h1-13H,14H2,(H,22,25,26). The Morgan fingerprint density at radius 2 is 1.54 bits per heavy atom. The van der Waals surface area contributed by atoms with Crippen molar-refractivity contribution >= 4 is 34.1 Å². The van der Waals surface area contributed by atoms with Gasteiger partial charge in [-0.05, 0) is 6.07 Å². The van der Waals surface area contributed by atoms with E-state index in [1.165, 1.54) is 23.1 Å². The molecule has 0 aliphatic carbocycles. The number of amides is 1. The lowest BCUT2D eigenvalue weighted by molar-refractivity contribution is -0.113. The summed E-state index contributed by atoms with van der Waals surface area (Å²) in [5.74, 6) is 0.0846. The lowest BCUT2D eigenvalue weighted by atomic mass is 10.1. The number of rotatable bonds is 6. The molecule has 138 valence electrons. The van der Waals surface area contributed by atoms with Crippen molar-refractivity contribution in [1.82, 2.24) is 15.0 Å². The zero-order chi connectivity index (χ0) is 19.2. The van der Waals surface area contributed by atoms with Gasteiger partial charge in [0.1, 0.15) is 0 Å². The van der Waals surface area contributed by atoms with Crippen LogP contribution in [0.25, 0.3) is 22.5 Å². The quantitative estimate of drug-likeness (QED) is 0.362. The van der Waals surface area contributed by atoms with Crippen LogP contribution in [0.15, 0.2) is 83.5 Å².